The topological polar surface area (TPSA) is 46.6 Å². The van der Waals surface area contributed by atoms with Gasteiger partial charge in [0.05, 0.1) is 6.04 Å². The van der Waals surface area contributed by atoms with E-state index in [1.165, 1.54) is 4.90 Å². The summed E-state index contributed by atoms with van der Waals surface area (Å²) in [5.74, 6) is 0.0402. The Balaban J connectivity index is 2.68. The third-order valence-corrected chi connectivity index (χ3v) is 3.37. The average Bonchev–Trinajstić information content (AvgIpc) is 2.59. The molecule has 1 aliphatic heterocycles. The summed E-state index contributed by atoms with van der Waals surface area (Å²) in [4.78, 5) is 24.6. The number of carbonyl (C=O) groups is 2. The molecule has 0 aromatic carbocycles. The Morgan fingerprint density at radius 3 is 2.75 bits per heavy atom. The number of imide groups is 1. The standard InChI is InChI=1S/C11H19NO3S/c1-4-8(16)5-10(13)12-9(7(2)3)6-15-11(12)14/h7-9,16H,4-6H2,1-3H3/t8-,9+/m0/s1. The normalized spacial score (nSPS) is 22.4. The van der Waals surface area contributed by atoms with E-state index in [2.05, 4.69) is 12.6 Å². The minimum absolute atomic E-state index is 0.00807. The van der Waals surface area contributed by atoms with Crippen LogP contribution in [-0.2, 0) is 9.53 Å². The number of ether oxygens (including phenoxy) is 1. The molecule has 4 nitrogen and oxygen atoms in total. The maximum atomic E-state index is 11.9. The molecule has 0 N–H and O–H groups in total. The molecule has 5 heteroatoms. The first-order valence-electron chi connectivity index (χ1n) is 5.64. The molecule has 0 aromatic rings. The summed E-state index contributed by atoms with van der Waals surface area (Å²) in [6.07, 6.45) is 0.586. The zero-order valence-electron chi connectivity index (χ0n) is 9.97. The maximum absolute atomic E-state index is 11.9. The lowest BCUT2D eigenvalue weighted by atomic mass is 10.0. The summed E-state index contributed by atoms with van der Waals surface area (Å²) in [6.45, 7) is 6.23. The Morgan fingerprint density at radius 1 is 1.62 bits per heavy atom. The van der Waals surface area contributed by atoms with Gasteiger partial charge in [0.1, 0.15) is 6.61 Å². The molecule has 0 aromatic heterocycles. The number of hydrogen-bond acceptors (Lipinski definition) is 4. The van der Waals surface area contributed by atoms with E-state index in [0.29, 0.717) is 6.61 Å². The van der Waals surface area contributed by atoms with Gasteiger partial charge in [-0.3, -0.25) is 4.79 Å². The molecule has 0 bridgehead atoms. The number of cyclic esters (lactones) is 1. The van der Waals surface area contributed by atoms with Gasteiger partial charge in [0, 0.05) is 11.7 Å². The van der Waals surface area contributed by atoms with Gasteiger partial charge in [0.2, 0.25) is 5.91 Å². The highest BCUT2D eigenvalue weighted by molar-refractivity contribution is 7.81. The van der Waals surface area contributed by atoms with E-state index >= 15 is 0 Å². The Hall–Kier alpha value is -0.710. The molecule has 1 heterocycles. The van der Waals surface area contributed by atoms with Crippen LogP contribution < -0.4 is 0 Å². The lowest BCUT2D eigenvalue weighted by Crippen LogP contribution is -2.42. The molecular formula is C11H19NO3S. The van der Waals surface area contributed by atoms with Crippen LogP contribution in [0, 0.1) is 5.92 Å². The number of rotatable bonds is 4. The highest BCUT2D eigenvalue weighted by Crippen LogP contribution is 2.21. The molecule has 1 aliphatic rings. The molecule has 0 unspecified atom stereocenters. The van der Waals surface area contributed by atoms with Gasteiger partial charge in [-0.05, 0) is 12.3 Å². The summed E-state index contributed by atoms with van der Waals surface area (Å²) in [5, 5.41) is 0.00807. The summed E-state index contributed by atoms with van der Waals surface area (Å²) in [5.41, 5.74) is 0. The van der Waals surface area contributed by atoms with E-state index in [9.17, 15) is 9.59 Å². The predicted octanol–water partition coefficient (Wildman–Crippen LogP) is 2.09. The van der Waals surface area contributed by atoms with Crippen molar-refractivity contribution >= 4 is 24.6 Å². The molecule has 0 aliphatic carbocycles. The molecule has 1 saturated heterocycles. The second kappa shape index (κ2) is 5.57. The summed E-state index contributed by atoms with van der Waals surface area (Å²) in [6, 6.07) is -0.127. The van der Waals surface area contributed by atoms with E-state index in [-0.39, 0.29) is 29.5 Å². The van der Waals surface area contributed by atoms with E-state index in [0.717, 1.165) is 6.42 Å². The van der Waals surface area contributed by atoms with Crippen molar-refractivity contribution in [3.63, 3.8) is 0 Å². The van der Waals surface area contributed by atoms with Crippen LogP contribution in [0.2, 0.25) is 0 Å². The fourth-order valence-electron chi connectivity index (χ4n) is 1.66. The van der Waals surface area contributed by atoms with Gasteiger partial charge in [-0.25, -0.2) is 9.69 Å². The van der Waals surface area contributed by atoms with Gasteiger partial charge in [-0.2, -0.15) is 12.6 Å². The molecule has 2 amide bonds. The SMILES string of the molecule is CC[C@H](S)CC(=O)N1C(=O)OC[C@@H]1C(C)C. The molecule has 16 heavy (non-hydrogen) atoms. The third kappa shape index (κ3) is 2.90. The minimum Gasteiger partial charge on any atom is -0.447 e. The van der Waals surface area contributed by atoms with Crippen LogP contribution in [0.15, 0.2) is 0 Å². The van der Waals surface area contributed by atoms with Crippen molar-refractivity contribution in [2.24, 2.45) is 5.92 Å². The molecule has 1 fully saturated rings. The molecule has 0 radical (unpaired) electrons. The smallest absolute Gasteiger partial charge is 0.416 e. The molecule has 92 valence electrons. The van der Waals surface area contributed by atoms with Crippen LogP contribution in [0.3, 0.4) is 0 Å². The van der Waals surface area contributed by atoms with Gasteiger partial charge >= 0.3 is 6.09 Å². The summed E-state index contributed by atoms with van der Waals surface area (Å²) < 4.78 is 4.92. The lowest BCUT2D eigenvalue weighted by Gasteiger charge is -2.23. The first-order valence-corrected chi connectivity index (χ1v) is 6.15. The summed E-state index contributed by atoms with van der Waals surface area (Å²) >= 11 is 4.27. The van der Waals surface area contributed by atoms with Crippen molar-refractivity contribution in [3.05, 3.63) is 0 Å². The average molecular weight is 245 g/mol. The Labute approximate surface area is 102 Å². The van der Waals surface area contributed by atoms with Gasteiger partial charge in [0.25, 0.3) is 0 Å². The monoisotopic (exact) mass is 245 g/mol. The second-order valence-corrected chi connectivity index (χ2v) is 5.15. The van der Waals surface area contributed by atoms with Crippen molar-refractivity contribution in [3.8, 4) is 0 Å². The third-order valence-electron chi connectivity index (χ3n) is 2.83. The van der Waals surface area contributed by atoms with E-state index < -0.39 is 6.09 Å². The number of amides is 2. The zero-order chi connectivity index (χ0) is 12.3. The summed E-state index contributed by atoms with van der Waals surface area (Å²) in [7, 11) is 0. The van der Waals surface area contributed by atoms with Crippen molar-refractivity contribution in [2.75, 3.05) is 6.61 Å². The van der Waals surface area contributed by atoms with Crippen LogP contribution in [-0.4, -0.2) is 34.8 Å². The number of hydrogen-bond donors (Lipinski definition) is 1. The van der Waals surface area contributed by atoms with Crippen LogP contribution in [0.25, 0.3) is 0 Å². The Bertz CT molecular complexity index is 280. The number of carbonyl (C=O) groups excluding carboxylic acids is 2. The van der Waals surface area contributed by atoms with Crippen molar-refractivity contribution in [1.29, 1.82) is 0 Å². The van der Waals surface area contributed by atoms with Crippen LogP contribution in [0.5, 0.6) is 0 Å². The second-order valence-electron chi connectivity index (χ2n) is 4.42. The first-order chi connectivity index (χ1) is 7.47. The van der Waals surface area contributed by atoms with E-state index in [1.807, 2.05) is 20.8 Å². The van der Waals surface area contributed by atoms with Gasteiger partial charge in [0.15, 0.2) is 0 Å². The highest BCUT2D eigenvalue weighted by Gasteiger charge is 2.39. The van der Waals surface area contributed by atoms with E-state index in [4.69, 9.17) is 4.74 Å². The largest absolute Gasteiger partial charge is 0.447 e. The van der Waals surface area contributed by atoms with Crippen molar-refractivity contribution < 1.29 is 14.3 Å². The maximum Gasteiger partial charge on any atom is 0.416 e. The Morgan fingerprint density at radius 2 is 2.25 bits per heavy atom. The zero-order valence-corrected chi connectivity index (χ0v) is 10.9. The molecule has 0 saturated carbocycles. The number of nitrogens with zero attached hydrogens (tertiary/aromatic N) is 1. The van der Waals surface area contributed by atoms with Gasteiger partial charge in [-0.1, -0.05) is 20.8 Å². The van der Waals surface area contributed by atoms with Gasteiger partial charge in [-0.15, -0.1) is 0 Å². The quantitative estimate of drug-likeness (QED) is 0.771. The minimum atomic E-state index is -0.514. The lowest BCUT2D eigenvalue weighted by molar-refractivity contribution is -0.129. The predicted molar refractivity (Wildman–Crippen MR) is 64.5 cm³/mol. The fraction of sp³-hybridized carbons (Fsp3) is 0.818. The Kier molecular flexibility index (Phi) is 4.65. The number of thiol groups is 1. The van der Waals surface area contributed by atoms with Gasteiger partial charge < -0.3 is 4.74 Å². The molecule has 1 rings (SSSR count). The van der Waals surface area contributed by atoms with Crippen LogP contribution >= 0.6 is 12.6 Å². The molecule has 0 spiro atoms. The fourth-order valence-corrected chi connectivity index (χ4v) is 1.81. The molecular weight excluding hydrogens is 226 g/mol. The van der Waals surface area contributed by atoms with Crippen LogP contribution in [0.4, 0.5) is 4.79 Å². The van der Waals surface area contributed by atoms with E-state index in [1.54, 1.807) is 0 Å². The van der Waals surface area contributed by atoms with Crippen molar-refractivity contribution in [2.45, 2.75) is 44.9 Å². The van der Waals surface area contributed by atoms with Crippen molar-refractivity contribution in [1.82, 2.24) is 4.90 Å². The van der Waals surface area contributed by atoms with Crippen LogP contribution in [0.1, 0.15) is 33.6 Å². The highest BCUT2D eigenvalue weighted by atomic mass is 32.1. The first kappa shape index (κ1) is 13.4. The molecule has 2 atom stereocenters.